The molecule has 0 unspecified atom stereocenters. The first kappa shape index (κ1) is 14.8. The van der Waals surface area contributed by atoms with Gasteiger partial charge in [0.25, 0.3) is 0 Å². The lowest BCUT2D eigenvalue weighted by atomic mass is 10.2. The summed E-state index contributed by atoms with van der Waals surface area (Å²) < 4.78 is 1.87. The van der Waals surface area contributed by atoms with Crippen LogP contribution < -0.4 is 0 Å². The fraction of sp³-hybridized carbons (Fsp3) is 0. The van der Waals surface area contributed by atoms with E-state index in [0.29, 0.717) is 11.1 Å². The quantitative estimate of drug-likeness (QED) is 0.729. The standard InChI is InChI=1S/2C7H5BrO/c2*8-7-3-1-2-6(4-7)5-9/h2*1-5H. The van der Waals surface area contributed by atoms with Crippen molar-refractivity contribution < 1.29 is 9.59 Å². The van der Waals surface area contributed by atoms with Crippen molar-refractivity contribution in [3.8, 4) is 0 Å². The maximum absolute atomic E-state index is 10.1. The molecule has 0 atom stereocenters. The van der Waals surface area contributed by atoms with Crippen molar-refractivity contribution in [3.05, 3.63) is 68.6 Å². The highest BCUT2D eigenvalue weighted by molar-refractivity contribution is 9.10. The number of halogens is 2. The Hall–Kier alpha value is -1.26. The summed E-state index contributed by atoms with van der Waals surface area (Å²) in [6.07, 6.45) is 1.65. The Kier molecular flexibility index (Phi) is 6.54. The van der Waals surface area contributed by atoms with E-state index in [4.69, 9.17) is 0 Å². The van der Waals surface area contributed by atoms with Crippen LogP contribution in [-0.4, -0.2) is 12.6 Å². The van der Waals surface area contributed by atoms with Gasteiger partial charge in [0.05, 0.1) is 0 Å². The number of hydrogen-bond acceptors (Lipinski definition) is 2. The van der Waals surface area contributed by atoms with Gasteiger partial charge in [0.15, 0.2) is 0 Å². The number of carbonyl (C=O) groups excluding carboxylic acids is 2. The maximum atomic E-state index is 10.1. The van der Waals surface area contributed by atoms with E-state index in [-0.39, 0.29) is 0 Å². The molecule has 0 saturated carbocycles. The Labute approximate surface area is 122 Å². The zero-order chi connectivity index (χ0) is 13.4. The van der Waals surface area contributed by atoms with Crippen LogP contribution >= 0.6 is 31.9 Å². The van der Waals surface area contributed by atoms with Crippen LogP contribution in [0.4, 0.5) is 0 Å². The van der Waals surface area contributed by atoms with Gasteiger partial charge < -0.3 is 0 Å². The summed E-state index contributed by atoms with van der Waals surface area (Å²) in [7, 11) is 0. The summed E-state index contributed by atoms with van der Waals surface area (Å²) in [5.41, 5.74) is 1.40. The largest absolute Gasteiger partial charge is 0.298 e. The zero-order valence-corrected chi connectivity index (χ0v) is 12.5. The molecule has 0 amide bonds. The van der Waals surface area contributed by atoms with Crippen LogP contribution in [0.2, 0.25) is 0 Å². The minimum absolute atomic E-state index is 0.698. The molecular weight excluding hydrogens is 360 g/mol. The average Bonchev–Trinajstić information content (AvgIpc) is 2.39. The molecule has 0 aromatic heterocycles. The zero-order valence-electron chi connectivity index (χ0n) is 9.35. The highest BCUT2D eigenvalue weighted by Crippen LogP contribution is 2.10. The molecule has 0 bridgehead atoms. The van der Waals surface area contributed by atoms with Gasteiger partial charge in [-0.25, -0.2) is 0 Å². The van der Waals surface area contributed by atoms with Crippen LogP contribution in [0.15, 0.2) is 57.5 Å². The average molecular weight is 370 g/mol. The highest BCUT2D eigenvalue weighted by atomic mass is 79.9. The van der Waals surface area contributed by atoms with Crippen molar-refractivity contribution in [2.75, 3.05) is 0 Å². The molecule has 0 fully saturated rings. The minimum Gasteiger partial charge on any atom is -0.298 e. The van der Waals surface area contributed by atoms with E-state index >= 15 is 0 Å². The van der Waals surface area contributed by atoms with Crippen molar-refractivity contribution in [1.82, 2.24) is 0 Å². The molecule has 0 aliphatic heterocycles. The molecule has 0 N–H and O–H groups in total. The molecule has 0 radical (unpaired) electrons. The lowest BCUT2D eigenvalue weighted by Crippen LogP contribution is -1.75. The van der Waals surface area contributed by atoms with E-state index in [0.717, 1.165) is 21.5 Å². The summed E-state index contributed by atoms with van der Waals surface area (Å²) in [6, 6.07) is 14.5. The first-order valence-corrected chi connectivity index (χ1v) is 6.66. The Bertz CT molecular complexity index is 489. The lowest BCUT2D eigenvalue weighted by Gasteiger charge is -1.88. The molecule has 0 aliphatic rings. The van der Waals surface area contributed by atoms with Crippen LogP contribution in [-0.2, 0) is 0 Å². The second-order valence-electron chi connectivity index (χ2n) is 3.35. The van der Waals surface area contributed by atoms with Gasteiger partial charge in [0.1, 0.15) is 12.6 Å². The monoisotopic (exact) mass is 368 g/mol. The van der Waals surface area contributed by atoms with Crippen LogP contribution in [0.1, 0.15) is 20.7 Å². The van der Waals surface area contributed by atoms with Gasteiger partial charge in [-0.2, -0.15) is 0 Å². The molecule has 0 saturated heterocycles. The molecular formula is C14H10Br2O2. The predicted octanol–water partition coefficient (Wildman–Crippen LogP) is 4.52. The summed E-state index contributed by atoms with van der Waals surface area (Å²) in [6.45, 7) is 0. The van der Waals surface area contributed by atoms with Gasteiger partial charge in [-0.15, -0.1) is 0 Å². The van der Waals surface area contributed by atoms with Crippen molar-refractivity contribution in [2.24, 2.45) is 0 Å². The topological polar surface area (TPSA) is 34.1 Å². The molecule has 0 heterocycles. The normalized spacial score (nSPS) is 9.00. The second kappa shape index (κ2) is 7.95. The molecule has 2 rings (SSSR count). The van der Waals surface area contributed by atoms with Crippen LogP contribution in [0.25, 0.3) is 0 Å². The Morgan fingerprint density at radius 3 is 1.33 bits per heavy atom. The minimum atomic E-state index is 0.698. The number of carbonyl (C=O) groups is 2. The van der Waals surface area contributed by atoms with E-state index in [9.17, 15) is 9.59 Å². The number of hydrogen-bond donors (Lipinski definition) is 0. The third kappa shape index (κ3) is 5.38. The maximum Gasteiger partial charge on any atom is 0.150 e. The lowest BCUT2D eigenvalue weighted by molar-refractivity contribution is 0.111. The van der Waals surface area contributed by atoms with Gasteiger partial charge in [-0.3, -0.25) is 9.59 Å². The van der Waals surface area contributed by atoms with Crippen LogP contribution in [0, 0.1) is 0 Å². The SMILES string of the molecule is O=Cc1cccc(Br)c1.O=Cc1cccc(Br)c1. The van der Waals surface area contributed by atoms with Gasteiger partial charge in [0.2, 0.25) is 0 Å². The fourth-order valence-corrected chi connectivity index (χ4v) is 1.99. The third-order valence-electron chi connectivity index (χ3n) is 1.97. The van der Waals surface area contributed by atoms with Crippen LogP contribution in [0.5, 0.6) is 0 Å². The van der Waals surface area contributed by atoms with Gasteiger partial charge >= 0.3 is 0 Å². The number of rotatable bonds is 2. The van der Waals surface area contributed by atoms with Crippen molar-refractivity contribution in [3.63, 3.8) is 0 Å². The molecule has 2 aromatic rings. The van der Waals surface area contributed by atoms with E-state index in [2.05, 4.69) is 31.9 Å². The molecule has 4 heteroatoms. The number of benzene rings is 2. The van der Waals surface area contributed by atoms with Gasteiger partial charge in [-0.05, 0) is 24.3 Å². The van der Waals surface area contributed by atoms with Crippen molar-refractivity contribution in [2.45, 2.75) is 0 Å². The summed E-state index contributed by atoms with van der Waals surface area (Å²) in [5, 5.41) is 0. The third-order valence-corrected chi connectivity index (χ3v) is 2.96. The predicted molar refractivity (Wildman–Crippen MR) is 79.1 cm³/mol. The van der Waals surface area contributed by atoms with E-state index in [1.807, 2.05) is 24.3 Å². The Morgan fingerprint density at radius 2 is 1.11 bits per heavy atom. The van der Waals surface area contributed by atoms with E-state index in [1.165, 1.54) is 0 Å². The first-order chi connectivity index (χ1) is 8.65. The van der Waals surface area contributed by atoms with E-state index < -0.39 is 0 Å². The summed E-state index contributed by atoms with van der Waals surface area (Å²) >= 11 is 6.49. The summed E-state index contributed by atoms with van der Waals surface area (Å²) in [4.78, 5) is 20.3. The van der Waals surface area contributed by atoms with Crippen molar-refractivity contribution in [1.29, 1.82) is 0 Å². The fourth-order valence-electron chi connectivity index (χ4n) is 1.16. The molecule has 0 aliphatic carbocycles. The molecule has 92 valence electrons. The van der Waals surface area contributed by atoms with Gasteiger partial charge in [0, 0.05) is 20.1 Å². The number of aldehydes is 2. The first-order valence-electron chi connectivity index (χ1n) is 5.07. The molecule has 2 aromatic carbocycles. The van der Waals surface area contributed by atoms with Gasteiger partial charge in [-0.1, -0.05) is 56.1 Å². The van der Waals surface area contributed by atoms with Crippen molar-refractivity contribution >= 4 is 44.4 Å². The Morgan fingerprint density at radius 1 is 0.722 bits per heavy atom. The second-order valence-corrected chi connectivity index (χ2v) is 5.18. The highest BCUT2D eigenvalue weighted by Gasteiger charge is 1.88. The Balaban J connectivity index is 0.000000180. The molecule has 2 nitrogen and oxygen atoms in total. The molecule has 0 spiro atoms. The molecule has 18 heavy (non-hydrogen) atoms. The van der Waals surface area contributed by atoms with Crippen LogP contribution in [0.3, 0.4) is 0 Å². The van der Waals surface area contributed by atoms with E-state index in [1.54, 1.807) is 24.3 Å². The smallest absolute Gasteiger partial charge is 0.150 e. The summed E-state index contributed by atoms with van der Waals surface area (Å²) in [5.74, 6) is 0.